The largest absolute Gasteiger partial charge is 0.330 e. The van der Waals surface area contributed by atoms with Crippen LogP contribution in [0.15, 0.2) is 0 Å². The van der Waals surface area contributed by atoms with Gasteiger partial charge >= 0.3 is 0 Å². The molecule has 0 atom stereocenters. The molecule has 1 heterocycles. The quantitative estimate of drug-likeness (QED) is 0.758. The van der Waals surface area contributed by atoms with E-state index in [2.05, 4.69) is 25.8 Å². The summed E-state index contributed by atoms with van der Waals surface area (Å²) in [6, 6.07) is 0. The normalized spacial score (nSPS) is 20.8. The monoisotopic (exact) mass is 212 g/mol. The Kier molecular flexibility index (Phi) is 5.07. The lowest BCUT2D eigenvalue weighted by atomic mass is 9.65. The lowest BCUT2D eigenvalue weighted by molar-refractivity contribution is 0.0693. The SMILES string of the molecule is CCC(CC)(CCN)C1CCN(C)CC1. The third-order valence-electron chi connectivity index (χ3n) is 4.64. The van der Waals surface area contributed by atoms with Crippen molar-refractivity contribution in [3.05, 3.63) is 0 Å². The van der Waals surface area contributed by atoms with Crippen LogP contribution in [0.5, 0.6) is 0 Å². The zero-order valence-electron chi connectivity index (χ0n) is 10.8. The molecular weight excluding hydrogens is 184 g/mol. The van der Waals surface area contributed by atoms with Gasteiger partial charge in [0.2, 0.25) is 0 Å². The minimum absolute atomic E-state index is 0.538. The maximum atomic E-state index is 5.79. The van der Waals surface area contributed by atoms with Crippen LogP contribution in [-0.2, 0) is 0 Å². The summed E-state index contributed by atoms with van der Waals surface area (Å²) < 4.78 is 0. The van der Waals surface area contributed by atoms with Gasteiger partial charge in [0, 0.05) is 0 Å². The van der Waals surface area contributed by atoms with E-state index in [1.165, 1.54) is 45.2 Å². The Morgan fingerprint density at radius 2 is 1.73 bits per heavy atom. The molecule has 0 amide bonds. The number of hydrogen-bond donors (Lipinski definition) is 1. The van der Waals surface area contributed by atoms with Crippen molar-refractivity contribution < 1.29 is 0 Å². The van der Waals surface area contributed by atoms with Crippen LogP contribution in [0.3, 0.4) is 0 Å². The van der Waals surface area contributed by atoms with E-state index in [0.717, 1.165) is 12.5 Å². The molecule has 0 spiro atoms. The van der Waals surface area contributed by atoms with Crippen molar-refractivity contribution in [3.8, 4) is 0 Å². The first kappa shape index (κ1) is 13.0. The van der Waals surface area contributed by atoms with E-state index >= 15 is 0 Å². The summed E-state index contributed by atoms with van der Waals surface area (Å²) in [7, 11) is 2.23. The van der Waals surface area contributed by atoms with Gasteiger partial charge in [-0.2, -0.15) is 0 Å². The average Bonchev–Trinajstić information content (AvgIpc) is 2.27. The van der Waals surface area contributed by atoms with Crippen molar-refractivity contribution >= 4 is 0 Å². The molecule has 15 heavy (non-hydrogen) atoms. The highest BCUT2D eigenvalue weighted by Gasteiger charge is 2.36. The Hall–Kier alpha value is -0.0800. The van der Waals surface area contributed by atoms with Gasteiger partial charge in [0.15, 0.2) is 0 Å². The van der Waals surface area contributed by atoms with Gasteiger partial charge in [-0.1, -0.05) is 26.7 Å². The van der Waals surface area contributed by atoms with Crippen molar-refractivity contribution in [1.29, 1.82) is 0 Å². The van der Waals surface area contributed by atoms with Crippen LogP contribution in [0.4, 0.5) is 0 Å². The van der Waals surface area contributed by atoms with E-state index < -0.39 is 0 Å². The minimum atomic E-state index is 0.538. The highest BCUT2D eigenvalue weighted by atomic mass is 15.1. The molecule has 2 N–H and O–H groups in total. The molecule has 90 valence electrons. The van der Waals surface area contributed by atoms with Gasteiger partial charge in [-0.05, 0) is 57.3 Å². The molecule has 1 saturated heterocycles. The van der Waals surface area contributed by atoms with Gasteiger partial charge in [-0.25, -0.2) is 0 Å². The number of hydrogen-bond acceptors (Lipinski definition) is 2. The summed E-state index contributed by atoms with van der Waals surface area (Å²) in [6.07, 6.45) is 6.56. The van der Waals surface area contributed by atoms with Gasteiger partial charge < -0.3 is 10.6 Å². The van der Waals surface area contributed by atoms with E-state index in [1.807, 2.05) is 0 Å². The number of likely N-dealkylation sites (tertiary alicyclic amines) is 1. The fraction of sp³-hybridized carbons (Fsp3) is 1.00. The minimum Gasteiger partial charge on any atom is -0.330 e. The molecule has 0 aliphatic carbocycles. The predicted molar refractivity (Wildman–Crippen MR) is 66.9 cm³/mol. The van der Waals surface area contributed by atoms with Crippen LogP contribution in [0.25, 0.3) is 0 Å². The smallest absolute Gasteiger partial charge is 0.00189 e. The summed E-state index contributed by atoms with van der Waals surface area (Å²) in [5.41, 5.74) is 6.33. The van der Waals surface area contributed by atoms with Gasteiger partial charge in [-0.3, -0.25) is 0 Å². The zero-order valence-corrected chi connectivity index (χ0v) is 10.8. The second kappa shape index (κ2) is 5.86. The van der Waals surface area contributed by atoms with Crippen LogP contribution < -0.4 is 5.73 Å². The lowest BCUT2D eigenvalue weighted by Crippen LogP contribution is -2.40. The third kappa shape index (κ3) is 2.94. The predicted octanol–water partition coefficient (Wildman–Crippen LogP) is 2.48. The van der Waals surface area contributed by atoms with E-state index in [0.29, 0.717) is 5.41 Å². The average molecular weight is 212 g/mol. The van der Waals surface area contributed by atoms with Crippen molar-refractivity contribution in [3.63, 3.8) is 0 Å². The first-order valence-electron chi connectivity index (χ1n) is 6.57. The molecule has 2 heteroatoms. The molecule has 0 radical (unpaired) electrons. The Labute approximate surface area is 95.2 Å². The first-order valence-corrected chi connectivity index (χ1v) is 6.57. The lowest BCUT2D eigenvalue weighted by Gasteiger charge is -2.43. The van der Waals surface area contributed by atoms with Crippen LogP contribution in [0.2, 0.25) is 0 Å². The Balaban J connectivity index is 2.62. The molecular formula is C13H28N2. The van der Waals surface area contributed by atoms with Crippen molar-refractivity contribution in [1.82, 2.24) is 4.90 Å². The van der Waals surface area contributed by atoms with Gasteiger partial charge in [0.1, 0.15) is 0 Å². The molecule has 0 aromatic carbocycles. The Morgan fingerprint density at radius 1 is 1.20 bits per heavy atom. The second-order valence-corrected chi connectivity index (χ2v) is 5.19. The summed E-state index contributed by atoms with van der Waals surface area (Å²) in [6.45, 7) is 8.09. The van der Waals surface area contributed by atoms with Gasteiger partial charge in [0.05, 0.1) is 0 Å². The Bertz CT molecular complexity index is 167. The van der Waals surface area contributed by atoms with Crippen LogP contribution >= 0.6 is 0 Å². The van der Waals surface area contributed by atoms with E-state index in [4.69, 9.17) is 5.73 Å². The molecule has 0 saturated carbocycles. The van der Waals surface area contributed by atoms with E-state index in [1.54, 1.807) is 0 Å². The highest BCUT2D eigenvalue weighted by molar-refractivity contribution is 4.87. The molecule has 1 fully saturated rings. The number of piperidine rings is 1. The van der Waals surface area contributed by atoms with E-state index in [-0.39, 0.29) is 0 Å². The maximum Gasteiger partial charge on any atom is -0.00189 e. The molecule has 1 rings (SSSR count). The number of nitrogens with two attached hydrogens (primary N) is 1. The summed E-state index contributed by atoms with van der Waals surface area (Å²) >= 11 is 0. The van der Waals surface area contributed by atoms with E-state index in [9.17, 15) is 0 Å². The first-order chi connectivity index (χ1) is 7.18. The summed E-state index contributed by atoms with van der Waals surface area (Å²) in [5, 5.41) is 0. The second-order valence-electron chi connectivity index (χ2n) is 5.19. The van der Waals surface area contributed by atoms with Crippen molar-refractivity contribution in [2.24, 2.45) is 17.1 Å². The molecule has 1 aliphatic rings. The molecule has 2 nitrogen and oxygen atoms in total. The molecule has 1 aliphatic heterocycles. The summed E-state index contributed by atoms with van der Waals surface area (Å²) in [4.78, 5) is 2.45. The molecule has 0 aromatic rings. The van der Waals surface area contributed by atoms with Crippen LogP contribution in [-0.4, -0.2) is 31.6 Å². The topological polar surface area (TPSA) is 29.3 Å². The molecule has 0 unspecified atom stereocenters. The van der Waals surface area contributed by atoms with Crippen LogP contribution in [0.1, 0.15) is 46.0 Å². The van der Waals surface area contributed by atoms with Crippen molar-refractivity contribution in [2.75, 3.05) is 26.7 Å². The highest BCUT2D eigenvalue weighted by Crippen LogP contribution is 2.43. The zero-order chi connectivity index (χ0) is 11.3. The van der Waals surface area contributed by atoms with Crippen molar-refractivity contribution in [2.45, 2.75) is 46.0 Å². The summed E-state index contributed by atoms with van der Waals surface area (Å²) in [5.74, 6) is 0.909. The molecule has 0 aromatic heterocycles. The van der Waals surface area contributed by atoms with Gasteiger partial charge in [0.25, 0.3) is 0 Å². The fourth-order valence-electron chi connectivity index (χ4n) is 3.29. The fourth-order valence-corrected chi connectivity index (χ4v) is 3.29. The number of rotatable bonds is 5. The Morgan fingerprint density at radius 3 is 2.13 bits per heavy atom. The van der Waals surface area contributed by atoms with Gasteiger partial charge in [-0.15, -0.1) is 0 Å². The third-order valence-corrected chi connectivity index (χ3v) is 4.64. The van der Waals surface area contributed by atoms with Crippen LogP contribution in [0, 0.1) is 11.3 Å². The number of nitrogens with zero attached hydrogens (tertiary/aromatic N) is 1. The molecule has 0 bridgehead atoms. The standard InChI is InChI=1S/C13H28N2/c1-4-13(5-2,8-9-14)12-6-10-15(3)11-7-12/h12H,4-11,14H2,1-3H3. The maximum absolute atomic E-state index is 5.79.